The number of nitrogens with two attached hydrogens (primary N) is 1. The average Bonchev–Trinajstić information content (AvgIpc) is 2.39. The van der Waals surface area contributed by atoms with Gasteiger partial charge in [0.15, 0.2) is 0 Å². The lowest BCUT2D eigenvalue weighted by Gasteiger charge is -2.37. The second-order valence-electron chi connectivity index (χ2n) is 4.63. The van der Waals surface area contributed by atoms with Gasteiger partial charge < -0.3 is 15.8 Å². The maximum Gasteiger partial charge on any atom is 0.433 e. The Morgan fingerprint density at radius 2 is 2.00 bits per heavy atom. The number of hydrogen-bond acceptors (Lipinski definition) is 4. The fourth-order valence-corrected chi connectivity index (χ4v) is 2.08. The maximum atomic E-state index is 12.6. The summed E-state index contributed by atoms with van der Waals surface area (Å²) in [5.74, 6) is 0.196. The highest BCUT2D eigenvalue weighted by atomic mass is 19.4. The molecule has 7 heteroatoms. The first-order valence-electron chi connectivity index (χ1n) is 6.05. The molecule has 0 spiro atoms. The zero-order chi connectivity index (χ0) is 13.9. The van der Waals surface area contributed by atoms with E-state index in [9.17, 15) is 13.2 Å². The highest BCUT2D eigenvalue weighted by Gasteiger charge is 2.34. The Bertz CT molecular complexity index is 430. The third kappa shape index (κ3) is 3.36. The van der Waals surface area contributed by atoms with E-state index in [1.165, 1.54) is 12.1 Å². The van der Waals surface area contributed by atoms with Crippen LogP contribution in [0.1, 0.15) is 18.5 Å². The number of aromatic nitrogens is 1. The SMILES string of the molecule is NCC1(Nc2cccc(C(F)(F)F)n2)CCOCC1. The summed E-state index contributed by atoms with van der Waals surface area (Å²) in [5.41, 5.74) is 4.40. The van der Waals surface area contributed by atoms with Crippen molar-refractivity contribution in [2.45, 2.75) is 24.6 Å². The summed E-state index contributed by atoms with van der Waals surface area (Å²) >= 11 is 0. The molecule has 106 valence electrons. The van der Waals surface area contributed by atoms with Crippen molar-refractivity contribution < 1.29 is 17.9 Å². The number of nitrogens with zero attached hydrogens (tertiary/aromatic N) is 1. The van der Waals surface area contributed by atoms with E-state index in [1.54, 1.807) is 0 Å². The van der Waals surface area contributed by atoms with Gasteiger partial charge in [0.25, 0.3) is 0 Å². The largest absolute Gasteiger partial charge is 0.433 e. The number of halogens is 3. The Morgan fingerprint density at radius 1 is 1.32 bits per heavy atom. The van der Waals surface area contributed by atoms with E-state index >= 15 is 0 Å². The molecular formula is C12H16F3N3O. The van der Waals surface area contributed by atoms with E-state index in [1.807, 2.05) is 0 Å². The second-order valence-corrected chi connectivity index (χ2v) is 4.63. The summed E-state index contributed by atoms with van der Waals surface area (Å²) in [4.78, 5) is 3.60. The molecule has 0 bridgehead atoms. The fourth-order valence-electron chi connectivity index (χ4n) is 2.08. The van der Waals surface area contributed by atoms with Crippen LogP contribution in [-0.4, -0.2) is 30.3 Å². The zero-order valence-electron chi connectivity index (χ0n) is 10.3. The smallest absolute Gasteiger partial charge is 0.381 e. The lowest BCUT2D eigenvalue weighted by Crippen LogP contribution is -2.49. The summed E-state index contributed by atoms with van der Waals surface area (Å²) in [6.07, 6.45) is -3.13. The standard InChI is InChI=1S/C12H16F3N3O/c13-12(14,15)9-2-1-3-10(17-9)18-11(8-16)4-6-19-7-5-11/h1-3H,4-8,16H2,(H,17,18). The van der Waals surface area contributed by atoms with Crippen molar-refractivity contribution in [2.24, 2.45) is 5.73 Å². The molecule has 4 nitrogen and oxygen atoms in total. The third-order valence-electron chi connectivity index (χ3n) is 3.27. The van der Waals surface area contributed by atoms with Gasteiger partial charge in [0.2, 0.25) is 0 Å². The molecule has 0 saturated carbocycles. The van der Waals surface area contributed by atoms with Crippen molar-refractivity contribution in [3.8, 4) is 0 Å². The third-order valence-corrected chi connectivity index (χ3v) is 3.27. The Morgan fingerprint density at radius 3 is 2.58 bits per heavy atom. The van der Waals surface area contributed by atoms with Gasteiger partial charge in [-0.3, -0.25) is 0 Å². The molecule has 0 atom stereocenters. The molecule has 0 aromatic carbocycles. The van der Waals surface area contributed by atoms with Crippen molar-refractivity contribution in [3.05, 3.63) is 23.9 Å². The lowest BCUT2D eigenvalue weighted by atomic mass is 9.90. The number of alkyl halides is 3. The fraction of sp³-hybridized carbons (Fsp3) is 0.583. The molecule has 1 fully saturated rings. The van der Waals surface area contributed by atoms with Gasteiger partial charge in [0.05, 0.1) is 5.54 Å². The molecule has 2 rings (SSSR count). The minimum Gasteiger partial charge on any atom is -0.381 e. The molecule has 3 N–H and O–H groups in total. The first-order valence-corrected chi connectivity index (χ1v) is 6.05. The van der Waals surface area contributed by atoms with E-state index in [0.29, 0.717) is 32.6 Å². The van der Waals surface area contributed by atoms with Gasteiger partial charge in [-0.1, -0.05) is 6.07 Å². The van der Waals surface area contributed by atoms with Crippen LogP contribution >= 0.6 is 0 Å². The van der Waals surface area contributed by atoms with Crippen LogP contribution in [0.15, 0.2) is 18.2 Å². The summed E-state index contributed by atoms with van der Waals surface area (Å²) in [5, 5.41) is 3.04. The van der Waals surface area contributed by atoms with Crippen molar-refractivity contribution in [2.75, 3.05) is 25.1 Å². The summed E-state index contributed by atoms with van der Waals surface area (Å²) in [6, 6.07) is 3.80. The van der Waals surface area contributed by atoms with Crippen LogP contribution < -0.4 is 11.1 Å². The minimum absolute atomic E-state index is 0.196. The lowest BCUT2D eigenvalue weighted by molar-refractivity contribution is -0.141. The normalized spacial score (nSPS) is 19.2. The van der Waals surface area contributed by atoms with Gasteiger partial charge in [-0.15, -0.1) is 0 Å². The number of hydrogen-bond donors (Lipinski definition) is 2. The summed E-state index contributed by atoms with van der Waals surface area (Å²) < 4.78 is 43.0. The van der Waals surface area contributed by atoms with Crippen LogP contribution in [-0.2, 0) is 10.9 Å². The number of rotatable bonds is 3. The molecule has 0 radical (unpaired) electrons. The molecule has 2 heterocycles. The van der Waals surface area contributed by atoms with Gasteiger partial charge in [-0.25, -0.2) is 4.98 Å². The monoisotopic (exact) mass is 275 g/mol. The topological polar surface area (TPSA) is 60.2 Å². The molecule has 1 saturated heterocycles. The molecule has 19 heavy (non-hydrogen) atoms. The van der Waals surface area contributed by atoms with Crippen molar-refractivity contribution >= 4 is 5.82 Å². The number of ether oxygens (including phenoxy) is 1. The highest BCUT2D eigenvalue weighted by Crippen LogP contribution is 2.30. The van der Waals surface area contributed by atoms with E-state index in [0.717, 1.165) is 6.07 Å². The van der Waals surface area contributed by atoms with E-state index < -0.39 is 17.4 Å². The quantitative estimate of drug-likeness (QED) is 0.886. The molecule has 0 unspecified atom stereocenters. The number of anilines is 1. The molecule has 0 aliphatic carbocycles. The Hall–Kier alpha value is -1.34. The second kappa shape index (κ2) is 5.34. The molecule has 1 aromatic heterocycles. The van der Waals surface area contributed by atoms with Crippen LogP contribution in [0.4, 0.5) is 19.0 Å². The van der Waals surface area contributed by atoms with Crippen LogP contribution in [0.5, 0.6) is 0 Å². The predicted molar refractivity (Wildman–Crippen MR) is 64.7 cm³/mol. The number of pyridine rings is 1. The van der Waals surface area contributed by atoms with Crippen molar-refractivity contribution in [1.29, 1.82) is 0 Å². The van der Waals surface area contributed by atoms with E-state index in [2.05, 4.69) is 10.3 Å². The zero-order valence-corrected chi connectivity index (χ0v) is 10.3. The minimum atomic E-state index is -4.44. The summed E-state index contributed by atoms with van der Waals surface area (Å²) in [7, 11) is 0. The van der Waals surface area contributed by atoms with Gasteiger partial charge >= 0.3 is 6.18 Å². The number of nitrogens with one attached hydrogen (secondary N) is 1. The van der Waals surface area contributed by atoms with E-state index in [-0.39, 0.29) is 5.82 Å². The van der Waals surface area contributed by atoms with Gasteiger partial charge in [-0.2, -0.15) is 13.2 Å². The molecule has 0 amide bonds. The maximum absolute atomic E-state index is 12.6. The molecule has 1 aromatic rings. The Labute approximate surface area is 109 Å². The highest BCUT2D eigenvalue weighted by molar-refractivity contribution is 5.39. The summed E-state index contributed by atoms with van der Waals surface area (Å²) in [6.45, 7) is 1.42. The van der Waals surface area contributed by atoms with Gasteiger partial charge in [-0.05, 0) is 25.0 Å². The first kappa shape index (κ1) is 14.1. The Kier molecular flexibility index (Phi) is 3.96. The van der Waals surface area contributed by atoms with Gasteiger partial charge in [0.1, 0.15) is 11.5 Å². The molecular weight excluding hydrogens is 259 g/mol. The van der Waals surface area contributed by atoms with Gasteiger partial charge in [0, 0.05) is 19.8 Å². The van der Waals surface area contributed by atoms with Crippen LogP contribution in [0.2, 0.25) is 0 Å². The Balaban J connectivity index is 2.18. The molecule has 1 aliphatic rings. The van der Waals surface area contributed by atoms with Crippen LogP contribution in [0, 0.1) is 0 Å². The molecule has 1 aliphatic heterocycles. The van der Waals surface area contributed by atoms with E-state index in [4.69, 9.17) is 10.5 Å². The van der Waals surface area contributed by atoms with Crippen LogP contribution in [0.3, 0.4) is 0 Å². The average molecular weight is 275 g/mol. The van der Waals surface area contributed by atoms with Crippen molar-refractivity contribution in [3.63, 3.8) is 0 Å². The van der Waals surface area contributed by atoms with Crippen molar-refractivity contribution in [1.82, 2.24) is 4.98 Å². The predicted octanol–water partition coefficient (Wildman–Crippen LogP) is 2.02. The first-order chi connectivity index (χ1) is 8.95. The van der Waals surface area contributed by atoms with Crippen LogP contribution in [0.25, 0.3) is 0 Å².